The maximum Gasteiger partial charge on any atom is 0.248 e. The topological polar surface area (TPSA) is 54.4 Å². The van der Waals surface area contributed by atoms with Gasteiger partial charge in [0, 0.05) is 39.6 Å². The third kappa shape index (κ3) is 3.21. The Labute approximate surface area is 126 Å². The van der Waals surface area contributed by atoms with E-state index in [9.17, 15) is 4.79 Å². The number of rotatable bonds is 3. The minimum atomic E-state index is -0.124. The molecule has 0 aromatic rings. The van der Waals surface area contributed by atoms with E-state index in [1.807, 2.05) is 7.05 Å². The molecule has 0 bridgehead atoms. The van der Waals surface area contributed by atoms with Crippen molar-refractivity contribution >= 4 is 11.6 Å². The van der Waals surface area contributed by atoms with E-state index in [0.717, 1.165) is 51.9 Å². The molecule has 3 aliphatic heterocycles. The molecule has 21 heavy (non-hydrogen) atoms. The Balaban J connectivity index is 1.46. The highest BCUT2D eigenvalue weighted by Crippen LogP contribution is 2.30. The zero-order valence-electron chi connectivity index (χ0n) is 13.0. The fourth-order valence-electron chi connectivity index (χ4n) is 3.42. The molecular formula is C15H25N3O3. The molecule has 0 aromatic heterocycles. The van der Waals surface area contributed by atoms with Crippen molar-refractivity contribution in [3.05, 3.63) is 0 Å². The van der Waals surface area contributed by atoms with E-state index in [-0.39, 0.29) is 24.2 Å². The van der Waals surface area contributed by atoms with Gasteiger partial charge in [0.25, 0.3) is 0 Å². The van der Waals surface area contributed by atoms with Crippen LogP contribution in [0.15, 0.2) is 5.16 Å². The van der Waals surface area contributed by atoms with E-state index in [1.54, 1.807) is 4.90 Å². The molecule has 6 heteroatoms. The molecule has 3 heterocycles. The van der Waals surface area contributed by atoms with Gasteiger partial charge < -0.3 is 14.5 Å². The van der Waals surface area contributed by atoms with Gasteiger partial charge in [-0.25, -0.2) is 0 Å². The lowest BCUT2D eigenvalue weighted by Gasteiger charge is -2.46. The Morgan fingerprint density at radius 2 is 2.14 bits per heavy atom. The first-order valence-corrected chi connectivity index (χ1v) is 7.92. The lowest BCUT2D eigenvalue weighted by Crippen LogP contribution is -2.58. The molecule has 0 unspecified atom stereocenters. The van der Waals surface area contributed by atoms with Crippen LogP contribution in [0.25, 0.3) is 0 Å². The number of carbonyl (C=O) groups excluding carboxylic acids is 1. The zero-order valence-corrected chi connectivity index (χ0v) is 13.0. The number of likely N-dealkylation sites (N-methyl/N-ethyl adjacent to an activating group) is 1. The van der Waals surface area contributed by atoms with E-state index in [4.69, 9.17) is 9.57 Å². The number of amides is 1. The predicted octanol–water partition coefficient (Wildman–Crippen LogP) is 0.864. The zero-order chi connectivity index (χ0) is 14.9. The van der Waals surface area contributed by atoms with Crippen molar-refractivity contribution < 1.29 is 14.4 Å². The second-order valence-electron chi connectivity index (χ2n) is 6.46. The number of ether oxygens (including phenoxy) is 1. The Morgan fingerprint density at radius 1 is 1.38 bits per heavy atom. The summed E-state index contributed by atoms with van der Waals surface area (Å²) in [5.41, 5.74) is 1.05. The second-order valence-corrected chi connectivity index (χ2v) is 6.46. The van der Waals surface area contributed by atoms with Gasteiger partial charge in [-0.15, -0.1) is 0 Å². The van der Waals surface area contributed by atoms with Crippen LogP contribution in [0.2, 0.25) is 0 Å². The number of hydrogen-bond donors (Lipinski definition) is 0. The van der Waals surface area contributed by atoms with Crippen LogP contribution in [-0.2, 0) is 14.4 Å². The van der Waals surface area contributed by atoms with Gasteiger partial charge >= 0.3 is 0 Å². The van der Waals surface area contributed by atoms with Gasteiger partial charge in [0.05, 0.1) is 11.3 Å². The number of piperidine rings is 1. The van der Waals surface area contributed by atoms with E-state index in [1.165, 1.54) is 5.71 Å². The summed E-state index contributed by atoms with van der Waals surface area (Å²) in [4.78, 5) is 21.3. The summed E-state index contributed by atoms with van der Waals surface area (Å²) in [6.07, 6.45) is 4.13. The monoisotopic (exact) mass is 295 g/mol. The fraction of sp³-hybridized carbons (Fsp3) is 0.867. The van der Waals surface area contributed by atoms with Crippen LogP contribution in [0.4, 0.5) is 0 Å². The van der Waals surface area contributed by atoms with Gasteiger partial charge in [0.2, 0.25) is 5.91 Å². The average Bonchev–Trinajstić information content (AvgIpc) is 2.94. The van der Waals surface area contributed by atoms with Crippen molar-refractivity contribution in [3.63, 3.8) is 0 Å². The lowest BCUT2D eigenvalue weighted by atomic mass is 9.89. The first kappa shape index (κ1) is 14.8. The highest BCUT2D eigenvalue weighted by atomic mass is 16.6. The summed E-state index contributed by atoms with van der Waals surface area (Å²) in [6, 6.07) is 0. The molecular weight excluding hydrogens is 270 g/mol. The fourth-order valence-corrected chi connectivity index (χ4v) is 3.42. The largest absolute Gasteiger partial charge is 0.391 e. The molecule has 2 saturated heterocycles. The van der Waals surface area contributed by atoms with Crippen LogP contribution in [0.1, 0.15) is 32.6 Å². The van der Waals surface area contributed by atoms with E-state index in [2.05, 4.69) is 17.0 Å². The molecule has 1 spiro atoms. The van der Waals surface area contributed by atoms with Gasteiger partial charge in [-0.2, -0.15) is 0 Å². The van der Waals surface area contributed by atoms with Crippen LogP contribution in [0, 0.1) is 0 Å². The van der Waals surface area contributed by atoms with Gasteiger partial charge in [-0.05, 0) is 19.3 Å². The summed E-state index contributed by atoms with van der Waals surface area (Å²) in [7, 11) is 1.87. The Bertz CT molecular complexity index is 430. The molecule has 0 aliphatic carbocycles. The third-order valence-electron chi connectivity index (χ3n) is 4.88. The van der Waals surface area contributed by atoms with Crippen LogP contribution in [0.5, 0.6) is 0 Å². The summed E-state index contributed by atoms with van der Waals surface area (Å²) in [5.74, 6) is 0.0895. The van der Waals surface area contributed by atoms with Crippen LogP contribution in [-0.4, -0.2) is 73.0 Å². The molecule has 1 amide bonds. The van der Waals surface area contributed by atoms with Crippen molar-refractivity contribution in [3.8, 4) is 0 Å². The van der Waals surface area contributed by atoms with Crippen LogP contribution >= 0.6 is 0 Å². The van der Waals surface area contributed by atoms with Gasteiger partial charge in [-0.1, -0.05) is 12.1 Å². The average molecular weight is 295 g/mol. The number of hydrogen-bond acceptors (Lipinski definition) is 5. The summed E-state index contributed by atoms with van der Waals surface area (Å²) in [6.45, 7) is 6.02. The minimum Gasteiger partial charge on any atom is -0.391 e. The maximum absolute atomic E-state index is 11.5. The van der Waals surface area contributed by atoms with Gasteiger partial charge in [0.15, 0.2) is 0 Å². The highest BCUT2D eigenvalue weighted by Gasteiger charge is 2.41. The lowest BCUT2D eigenvalue weighted by molar-refractivity contribution is -0.169. The number of likely N-dealkylation sites (tertiary alicyclic amines) is 1. The number of oxime groups is 1. The Hall–Kier alpha value is -1.14. The molecule has 3 aliphatic rings. The summed E-state index contributed by atoms with van der Waals surface area (Å²) in [5, 5.41) is 4.12. The molecule has 118 valence electrons. The molecule has 0 saturated carbocycles. The Kier molecular flexibility index (Phi) is 4.17. The van der Waals surface area contributed by atoms with Gasteiger partial charge in [-0.3, -0.25) is 9.69 Å². The van der Waals surface area contributed by atoms with Crippen LogP contribution < -0.4 is 0 Å². The van der Waals surface area contributed by atoms with Crippen molar-refractivity contribution in [1.29, 1.82) is 0 Å². The first-order valence-electron chi connectivity index (χ1n) is 7.92. The predicted molar refractivity (Wildman–Crippen MR) is 79.2 cm³/mol. The molecule has 1 atom stereocenters. The molecule has 3 rings (SSSR count). The first-order chi connectivity index (χ1) is 10.1. The number of morpholine rings is 1. The number of carbonyl (C=O) groups is 1. The normalized spacial score (nSPS) is 29.6. The summed E-state index contributed by atoms with van der Waals surface area (Å²) < 4.78 is 5.87. The number of nitrogens with zero attached hydrogens (tertiary/aromatic N) is 3. The smallest absolute Gasteiger partial charge is 0.248 e. The van der Waals surface area contributed by atoms with Crippen molar-refractivity contribution in [2.24, 2.45) is 5.16 Å². The van der Waals surface area contributed by atoms with E-state index < -0.39 is 0 Å². The molecule has 6 nitrogen and oxygen atoms in total. The standard InChI is InChI=1S/C15H25N3O3/c1-3-12-8-13(21-16-12)9-18-6-4-15(5-7-18)11-17(2)14(19)10-20-15/h13H,3-11H2,1-2H3/t13-/m1/s1. The van der Waals surface area contributed by atoms with E-state index in [0.29, 0.717) is 0 Å². The second kappa shape index (κ2) is 5.93. The van der Waals surface area contributed by atoms with Gasteiger partial charge in [0.1, 0.15) is 12.7 Å². The molecule has 0 radical (unpaired) electrons. The highest BCUT2D eigenvalue weighted by molar-refractivity contribution is 5.85. The van der Waals surface area contributed by atoms with Crippen LogP contribution in [0.3, 0.4) is 0 Å². The van der Waals surface area contributed by atoms with E-state index >= 15 is 0 Å². The molecule has 0 aromatic carbocycles. The third-order valence-corrected chi connectivity index (χ3v) is 4.88. The van der Waals surface area contributed by atoms with Crippen molar-refractivity contribution in [2.75, 3.05) is 39.8 Å². The quantitative estimate of drug-likeness (QED) is 0.775. The summed E-state index contributed by atoms with van der Waals surface area (Å²) >= 11 is 0. The molecule has 2 fully saturated rings. The maximum atomic E-state index is 11.5. The van der Waals surface area contributed by atoms with Crippen molar-refractivity contribution in [1.82, 2.24) is 9.80 Å². The SMILES string of the molecule is CCC1=NO[C@@H](CN2CCC3(CC2)CN(C)C(=O)CO3)C1. The molecule has 0 N–H and O–H groups in total. The minimum absolute atomic E-state index is 0.0895. The van der Waals surface area contributed by atoms with Crippen molar-refractivity contribution in [2.45, 2.75) is 44.3 Å². The Morgan fingerprint density at radius 3 is 2.76 bits per heavy atom.